The Balaban J connectivity index is 1.94. The van der Waals surface area contributed by atoms with Crippen LogP contribution in [0.4, 0.5) is 0 Å². The lowest BCUT2D eigenvalue weighted by Gasteiger charge is -2.30. The monoisotopic (exact) mass is 253 g/mol. The summed E-state index contributed by atoms with van der Waals surface area (Å²) in [7, 11) is 1.35. The first-order valence-corrected chi connectivity index (χ1v) is 6.22. The first-order valence-electron chi connectivity index (χ1n) is 6.22. The molecule has 1 aromatic rings. The van der Waals surface area contributed by atoms with Crippen LogP contribution in [0.5, 0.6) is 0 Å². The molecule has 18 heavy (non-hydrogen) atoms. The summed E-state index contributed by atoms with van der Waals surface area (Å²) >= 11 is 0. The van der Waals surface area contributed by atoms with Gasteiger partial charge in [-0.3, -0.25) is 4.90 Å². The first kappa shape index (κ1) is 13.1. The molecule has 5 heteroatoms. The number of hydrogen-bond acceptors (Lipinski definition) is 5. The Morgan fingerprint density at radius 3 is 2.89 bits per heavy atom. The Hall–Kier alpha value is -1.33. The number of piperidine rings is 1. The van der Waals surface area contributed by atoms with E-state index in [1.165, 1.54) is 13.4 Å². The van der Waals surface area contributed by atoms with Gasteiger partial charge in [-0.1, -0.05) is 0 Å². The minimum absolute atomic E-state index is 0.271. The number of rotatable bonds is 4. The maximum atomic E-state index is 11.5. The average Bonchev–Trinajstić information content (AvgIpc) is 2.87. The molecule has 1 aliphatic heterocycles. The molecule has 0 unspecified atom stereocenters. The fourth-order valence-corrected chi connectivity index (χ4v) is 2.30. The Bertz CT molecular complexity index is 393. The largest absolute Gasteiger partial charge is 0.463 e. The van der Waals surface area contributed by atoms with Crippen LogP contribution < -0.4 is 0 Å². The predicted octanol–water partition coefficient (Wildman–Crippen LogP) is 1.27. The van der Waals surface area contributed by atoms with Crippen molar-refractivity contribution in [2.24, 2.45) is 5.92 Å². The molecule has 5 nitrogen and oxygen atoms in total. The van der Waals surface area contributed by atoms with Gasteiger partial charge in [-0.2, -0.15) is 0 Å². The molecule has 0 spiro atoms. The van der Waals surface area contributed by atoms with E-state index in [2.05, 4.69) is 9.64 Å². The second-order valence-electron chi connectivity index (χ2n) is 4.67. The Morgan fingerprint density at radius 1 is 1.56 bits per heavy atom. The van der Waals surface area contributed by atoms with E-state index in [9.17, 15) is 4.79 Å². The summed E-state index contributed by atoms with van der Waals surface area (Å²) in [5.41, 5.74) is 0.865. The number of hydrogen-bond donors (Lipinski definition) is 1. The van der Waals surface area contributed by atoms with E-state index in [0.29, 0.717) is 18.2 Å². The van der Waals surface area contributed by atoms with Gasteiger partial charge >= 0.3 is 5.97 Å². The molecule has 0 bridgehead atoms. The SMILES string of the molecule is COC(=O)c1occc1CN1CCC(CO)CC1. The summed E-state index contributed by atoms with van der Waals surface area (Å²) in [5, 5.41) is 9.09. The molecule has 0 amide bonds. The summed E-state index contributed by atoms with van der Waals surface area (Å²) in [6.07, 6.45) is 3.52. The summed E-state index contributed by atoms with van der Waals surface area (Å²) < 4.78 is 9.83. The molecular weight excluding hydrogens is 234 g/mol. The third-order valence-electron chi connectivity index (χ3n) is 3.48. The standard InChI is InChI=1S/C13H19NO4/c1-17-13(16)12-11(4-7-18-12)8-14-5-2-10(9-15)3-6-14/h4,7,10,15H,2-3,5-6,8-9H2,1H3. The number of carbonyl (C=O) groups excluding carboxylic acids is 1. The highest BCUT2D eigenvalue weighted by molar-refractivity contribution is 5.87. The van der Waals surface area contributed by atoms with E-state index >= 15 is 0 Å². The minimum Gasteiger partial charge on any atom is -0.463 e. The first-order chi connectivity index (χ1) is 8.74. The highest BCUT2D eigenvalue weighted by Crippen LogP contribution is 2.20. The zero-order chi connectivity index (χ0) is 13.0. The van der Waals surface area contributed by atoms with E-state index < -0.39 is 5.97 Å². The molecule has 1 aromatic heterocycles. The molecule has 2 heterocycles. The van der Waals surface area contributed by atoms with Gasteiger partial charge in [0, 0.05) is 18.7 Å². The lowest BCUT2D eigenvalue weighted by atomic mass is 9.97. The summed E-state index contributed by atoms with van der Waals surface area (Å²) in [6.45, 7) is 2.85. The quantitative estimate of drug-likeness (QED) is 0.819. The number of aliphatic hydroxyl groups excluding tert-OH is 1. The van der Waals surface area contributed by atoms with Gasteiger partial charge in [-0.25, -0.2) is 4.79 Å². The van der Waals surface area contributed by atoms with Crippen molar-refractivity contribution < 1.29 is 19.1 Å². The fourth-order valence-electron chi connectivity index (χ4n) is 2.30. The van der Waals surface area contributed by atoms with Crippen LogP contribution in [0.25, 0.3) is 0 Å². The average molecular weight is 253 g/mol. The van der Waals surface area contributed by atoms with Crippen LogP contribution in [-0.2, 0) is 11.3 Å². The van der Waals surface area contributed by atoms with Crippen molar-refractivity contribution in [3.8, 4) is 0 Å². The van der Waals surface area contributed by atoms with Crippen molar-refractivity contribution >= 4 is 5.97 Å². The van der Waals surface area contributed by atoms with Crippen LogP contribution in [0.2, 0.25) is 0 Å². The number of likely N-dealkylation sites (tertiary alicyclic amines) is 1. The fraction of sp³-hybridized carbons (Fsp3) is 0.615. The number of methoxy groups -OCH3 is 1. The van der Waals surface area contributed by atoms with E-state index in [0.717, 1.165) is 31.5 Å². The van der Waals surface area contributed by atoms with Crippen molar-refractivity contribution in [1.82, 2.24) is 4.90 Å². The Kier molecular flexibility index (Phi) is 4.38. The molecule has 100 valence electrons. The van der Waals surface area contributed by atoms with Crippen LogP contribution in [0.15, 0.2) is 16.7 Å². The molecule has 1 fully saturated rings. The molecule has 1 saturated heterocycles. The van der Waals surface area contributed by atoms with Crippen LogP contribution in [0.1, 0.15) is 29.0 Å². The van der Waals surface area contributed by atoms with Gasteiger partial charge in [0.2, 0.25) is 5.76 Å². The second-order valence-corrected chi connectivity index (χ2v) is 4.67. The number of carbonyl (C=O) groups is 1. The number of aliphatic hydroxyl groups is 1. The topological polar surface area (TPSA) is 62.9 Å². The summed E-state index contributed by atoms with van der Waals surface area (Å²) in [4.78, 5) is 13.7. The van der Waals surface area contributed by atoms with Crippen molar-refractivity contribution in [1.29, 1.82) is 0 Å². The number of nitrogens with zero attached hydrogens (tertiary/aromatic N) is 1. The normalized spacial score (nSPS) is 17.9. The van der Waals surface area contributed by atoms with Crippen molar-refractivity contribution in [2.75, 3.05) is 26.8 Å². The lowest BCUT2D eigenvalue weighted by Crippen LogP contribution is -2.34. The summed E-state index contributed by atoms with van der Waals surface area (Å²) in [5.74, 6) is 0.285. The van der Waals surface area contributed by atoms with Gasteiger partial charge < -0.3 is 14.3 Å². The molecule has 2 rings (SSSR count). The lowest BCUT2D eigenvalue weighted by molar-refractivity contribution is 0.0560. The maximum absolute atomic E-state index is 11.5. The molecule has 0 atom stereocenters. The van der Waals surface area contributed by atoms with Crippen molar-refractivity contribution in [3.63, 3.8) is 0 Å². The highest BCUT2D eigenvalue weighted by atomic mass is 16.5. The second kappa shape index (κ2) is 6.02. The van der Waals surface area contributed by atoms with Gasteiger partial charge in [-0.15, -0.1) is 0 Å². The predicted molar refractivity (Wildman–Crippen MR) is 65.1 cm³/mol. The van der Waals surface area contributed by atoms with Gasteiger partial charge in [0.25, 0.3) is 0 Å². The number of ether oxygens (including phenoxy) is 1. The minimum atomic E-state index is -0.430. The van der Waals surface area contributed by atoms with Gasteiger partial charge in [0.05, 0.1) is 13.4 Å². The van der Waals surface area contributed by atoms with E-state index in [4.69, 9.17) is 9.52 Å². The molecule has 0 aliphatic carbocycles. The molecule has 0 saturated carbocycles. The van der Waals surface area contributed by atoms with Crippen LogP contribution >= 0.6 is 0 Å². The number of furan rings is 1. The smallest absolute Gasteiger partial charge is 0.374 e. The highest BCUT2D eigenvalue weighted by Gasteiger charge is 2.22. The third-order valence-corrected chi connectivity index (χ3v) is 3.48. The zero-order valence-corrected chi connectivity index (χ0v) is 10.6. The zero-order valence-electron chi connectivity index (χ0n) is 10.6. The van der Waals surface area contributed by atoms with Crippen LogP contribution in [0.3, 0.4) is 0 Å². The Morgan fingerprint density at radius 2 is 2.28 bits per heavy atom. The molecule has 0 radical (unpaired) electrons. The Labute approximate surface area is 106 Å². The van der Waals surface area contributed by atoms with E-state index in [1.807, 2.05) is 6.07 Å². The van der Waals surface area contributed by atoms with Crippen LogP contribution in [0, 0.1) is 5.92 Å². The van der Waals surface area contributed by atoms with E-state index in [1.54, 1.807) is 0 Å². The van der Waals surface area contributed by atoms with Crippen molar-refractivity contribution in [2.45, 2.75) is 19.4 Å². The van der Waals surface area contributed by atoms with Gasteiger partial charge in [0.1, 0.15) is 0 Å². The molecular formula is C13H19NO4. The number of esters is 1. The van der Waals surface area contributed by atoms with Gasteiger partial charge in [-0.05, 0) is 37.9 Å². The summed E-state index contributed by atoms with van der Waals surface area (Å²) in [6, 6.07) is 1.81. The van der Waals surface area contributed by atoms with Crippen LogP contribution in [-0.4, -0.2) is 42.8 Å². The molecule has 1 aliphatic rings. The maximum Gasteiger partial charge on any atom is 0.374 e. The molecule has 1 N–H and O–H groups in total. The van der Waals surface area contributed by atoms with Crippen molar-refractivity contribution in [3.05, 3.63) is 23.7 Å². The molecule has 0 aromatic carbocycles. The van der Waals surface area contributed by atoms with E-state index in [-0.39, 0.29) is 6.61 Å². The van der Waals surface area contributed by atoms with Gasteiger partial charge in [0.15, 0.2) is 0 Å². The third kappa shape index (κ3) is 2.91.